The summed E-state index contributed by atoms with van der Waals surface area (Å²) in [4.78, 5) is 33.4. The number of unbranched alkanes of at least 4 members (excludes halogenated alkanes) is 25. The van der Waals surface area contributed by atoms with Crippen LogP contribution >= 0.6 is 7.82 Å². The highest BCUT2D eigenvalue weighted by atomic mass is 31.2. The molecule has 0 aromatic rings. The molecule has 0 bridgehead atoms. The van der Waals surface area contributed by atoms with E-state index < -0.39 is 45.1 Å². The van der Waals surface area contributed by atoms with Crippen molar-refractivity contribution in [3.05, 3.63) is 0 Å². The number of carboxylic acids is 1. The zero-order valence-corrected chi connectivity index (χ0v) is 32.5. The third-order valence-electron chi connectivity index (χ3n) is 8.89. The minimum atomic E-state index is -4.60. The number of hydrogen-bond acceptors (Lipinski definition) is 8. The van der Waals surface area contributed by atoms with Crippen molar-refractivity contribution in [1.29, 1.82) is 0 Å². The maximum absolute atomic E-state index is 12.6. The van der Waals surface area contributed by atoms with Gasteiger partial charge in [-0.25, -0.2) is 4.57 Å². The van der Waals surface area contributed by atoms with Gasteiger partial charge in [0.25, 0.3) is 0 Å². The highest BCUT2D eigenvalue weighted by Gasteiger charge is 2.27. The molecule has 11 heteroatoms. The summed E-state index contributed by atoms with van der Waals surface area (Å²) < 4.78 is 33.2. The van der Waals surface area contributed by atoms with Crippen molar-refractivity contribution in [3.8, 4) is 0 Å². The van der Waals surface area contributed by atoms with Crippen LogP contribution in [-0.4, -0.2) is 60.5 Å². The molecule has 292 valence electrons. The lowest BCUT2D eigenvalue weighted by molar-refractivity contribution is -0.154. The van der Waals surface area contributed by atoms with Crippen LogP contribution in [0.2, 0.25) is 0 Å². The summed E-state index contributed by atoms with van der Waals surface area (Å²) >= 11 is 0. The summed E-state index contributed by atoms with van der Waals surface area (Å²) in [6.45, 7) is 3.90. The van der Waals surface area contributed by atoms with Crippen molar-refractivity contribution in [3.63, 3.8) is 0 Å². The van der Waals surface area contributed by atoms with Gasteiger partial charge in [-0.2, -0.15) is 0 Å². The first-order valence-corrected chi connectivity index (χ1v) is 21.6. The number of carboxylic acid groups (broad SMARTS) is 1. The molecule has 0 amide bonds. The molecule has 0 aromatic carbocycles. The lowest BCUT2D eigenvalue weighted by Gasteiger charge is -2.20. The number of carbonyl (C=O) groups excluding carboxylic acids is 1. The fraction of sp³-hybridized carbons (Fsp3) is 0.947. The van der Waals surface area contributed by atoms with Gasteiger partial charge in [0.1, 0.15) is 12.1 Å². The van der Waals surface area contributed by atoms with Crippen LogP contribution in [0.15, 0.2) is 0 Å². The van der Waals surface area contributed by atoms with Gasteiger partial charge in [-0.1, -0.05) is 174 Å². The van der Waals surface area contributed by atoms with Gasteiger partial charge in [0.15, 0.2) is 0 Å². The van der Waals surface area contributed by atoms with E-state index in [0.717, 1.165) is 38.5 Å². The van der Waals surface area contributed by atoms with Crippen LogP contribution in [0.5, 0.6) is 0 Å². The molecule has 3 atom stereocenters. The Hall–Kier alpha value is -1.03. The third-order valence-corrected chi connectivity index (χ3v) is 9.84. The quantitative estimate of drug-likeness (QED) is 0.0317. The SMILES string of the molecule is CCCCCCCCCCCCCCCCOCC(COP(=O)(O)OCC(N)C(=O)O)OC(=O)CCCCCCCCCCCCCCC. The maximum Gasteiger partial charge on any atom is 0.472 e. The zero-order chi connectivity index (χ0) is 36.3. The summed E-state index contributed by atoms with van der Waals surface area (Å²) in [5.41, 5.74) is 5.34. The molecule has 0 aliphatic rings. The molecule has 0 aliphatic heterocycles. The second-order valence-corrected chi connectivity index (χ2v) is 15.2. The number of ether oxygens (including phenoxy) is 2. The van der Waals surface area contributed by atoms with Crippen LogP contribution in [0.4, 0.5) is 0 Å². The van der Waals surface area contributed by atoms with Crippen molar-refractivity contribution in [1.82, 2.24) is 0 Å². The predicted octanol–water partition coefficient (Wildman–Crippen LogP) is 10.4. The fourth-order valence-electron chi connectivity index (χ4n) is 5.72. The summed E-state index contributed by atoms with van der Waals surface area (Å²) in [6, 6.07) is -1.47. The minimum absolute atomic E-state index is 0.0252. The Labute approximate surface area is 299 Å². The molecule has 0 heterocycles. The second-order valence-electron chi connectivity index (χ2n) is 13.8. The first-order valence-electron chi connectivity index (χ1n) is 20.1. The van der Waals surface area contributed by atoms with Crippen molar-refractivity contribution in [2.75, 3.05) is 26.4 Å². The molecule has 0 spiro atoms. The standard InChI is InChI=1S/C38H76NO9P/c1-3-5-7-9-11-13-15-17-19-21-23-25-27-29-31-45-32-35(33-46-49(43,44)47-34-36(39)38(41)42)48-37(40)30-28-26-24-22-20-18-16-14-12-10-8-6-4-2/h35-36H,3-34,39H2,1-2H3,(H,41,42)(H,43,44). The number of esters is 1. The van der Waals surface area contributed by atoms with Crippen molar-refractivity contribution in [2.24, 2.45) is 5.73 Å². The van der Waals surface area contributed by atoms with Gasteiger partial charge in [-0.05, 0) is 12.8 Å². The van der Waals surface area contributed by atoms with E-state index in [-0.39, 0.29) is 13.0 Å². The second kappa shape index (κ2) is 35.4. The van der Waals surface area contributed by atoms with E-state index in [1.165, 1.54) is 135 Å². The molecular weight excluding hydrogens is 645 g/mol. The van der Waals surface area contributed by atoms with Crippen LogP contribution in [0.1, 0.15) is 194 Å². The lowest BCUT2D eigenvalue weighted by Crippen LogP contribution is -2.34. The largest absolute Gasteiger partial charge is 0.480 e. The van der Waals surface area contributed by atoms with E-state index in [2.05, 4.69) is 13.8 Å². The van der Waals surface area contributed by atoms with Gasteiger partial charge >= 0.3 is 19.8 Å². The summed E-state index contributed by atoms with van der Waals surface area (Å²) in [7, 11) is -4.60. The predicted molar refractivity (Wildman–Crippen MR) is 199 cm³/mol. The number of nitrogens with two attached hydrogens (primary N) is 1. The Morgan fingerprint density at radius 2 is 0.939 bits per heavy atom. The fourth-order valence-corrected chi connectivity index (χ4v) is 6.50. The van der Waals surface area contributed by atoms with E-state index in [9.17, 15) is 19.0 Å². The van der Waals surface area contributed by atoms with Crippen molar-refractivity contribution in [2.45, 2.75) is 206 Å². The normalized spacial score (nSPS) is 14.0. The van der Waals surface area contributed by atoms with Gasteiger partial charge in [-0.3, -0.25) is 18.6 Å². The van der Waals surface area contributed by atoms with E-state index in [1.54, 1.807) is 0 Å². The van der Waals surface area contributed by atoms with E-state index >= 15 is 0 Å². The lowest BCUT2D eigenvalue weighted by atomic mass is 10.0. The van der Waals surface area contributed by atoms with Crippen LogP contribution in [0, 0.1) is 0 Å². The summed E-state index contributed by atoms with van der Waals surface area (Å²) in [6.07, 6.45) is 32.9. The average molecular weight is 722 g/mol. The molecule has 0 saturated carbocycles. The number of aliphatic carboxylic acids is 1. The minimum Gasteiger partial charge on any atom is -0.480 e. The average Bonchev–Trinajstić information content (AvgIpc) is 3.07. The number of carbonyl (C=O) groups is 2. The maximum atomic E-state index is 12.6. The highest BCUT2D eigenvalue weighted by Crippen LogP contribution is 2.43. The highest BCUT2D eigenvalue weighted by molar-refractivity contribution is 7.47. The Bertz CT molecular complexity index is 801. The molecule has 0 rings (SSSR count). The number of phosphoric acid groups is 1. The zero-order valence-electron chi connectivity index (χ0n) is 31.6. The smallest absolute Gasteiger partial charge is 0.472 e. The molecule has 0 aromatic heterocycles. The third kappa shape index (κ3) is 35.2. The molecular formula is C38H76NO9P. The topological polar surface area (TPSA) is 155 Å². The van der Waals surface area contributed by atoms with E-state index in [4.69, 9.17) is 29.4 Å². The van der Waals surface area contributed by atoms with Gasteiger partial charge in [0, 0.05) is 13.0 Å². The Morgan fingerprint density at radius 1 is 0.571 bits per heavy atom. The molecule has 49 heavy (non-hydrogen) atoms. The Balaban J connectivity index is 4.24. The van der Waals surface area contributed by atoms with Crippen LogP contribution < -0.4 is 5.73 Å². The van der Waals surface area contributed by atoms with Crippen LogP contribution in [-0.2, 0) is 32.7 Å². The Morgan fingerprint density at radius 3 is 1.35 bits per heavy atom. The molecule has 4 N–H and O–H groups in total. The van der Waals surface area contributed by atoms with Gasteiger partial charge in [0.2, 0.25) is 0 Å². The number of rotatable bonds is 39. The molecule has 0 radical (unpaired) electrons. The molecule has 3 unspecified atom stereocenters. The molecule has 0 fully saturated rings. The van der Waals surface area contributed by atoms with Crippen LogP contribution in [0.25, 0.3) is 0 Å². The molecule has 0 aliphatic carbocycles. The summed E-state index contributed by atoms with van der Waals surface area (Å²) in [5.74, 6) is -1.77. The summed E-state index contributed by atoms with van der Waals surface area (Å²) in [5, 5.41) is 8.87. The van der Waals surface area contributed by atoms with Gasteiger partial charge < -0.3 is 25.2 Å². The first-order chi connectivity index (χ1) is 23.7. The van der Waals surface area contributed by atoms with E-state index in [0.29, 0.717) is 6.61 Å². The monoisotopic (exact) mass is 722 g/mol. The number of phosphoric ester groups is 1. The van der Waals surface area contributed by atoms with Gasteiger partial charge in [-0.15, -0.1) is 0 Å². The van der Waals surface area contributed by atoms with Crippen molar-refractivity contribution >= 4 is 19.8 Å². The Kier molecular flexibility index (Phi) is 34.6. The number of hydrogen-bond donors (Lipinski definition) is 3. The molecule has 0 saturated heterocycles. The molecule has 10 nitrogen and oxygen atoms in total. The first kappa shape index (κ1) is 48.0. The van der Waals surface area contributed by atoms with Crippen molar-refractivity contribution < 1.29 is 42.7 Å². The van der Waals surface area contributed by atoms with Crippen LogP contribution in [0.3, 0.4) is 0 Å². The van der Waals surface area contributed by atoms with Gasteiger partial charge in [0.05, 0.1) is 19.8 Å². The van der Waals surface area contributed by atoms with E-state index in [1.807, 2.05) is 0 Å².